The van der Waals surface area contributed by atoms with E-state index in [1.807, 2.05) is 29.2 Å². The number of rotatable bonds is 6. The average molecular weight is 395 g/mol. The normalized spacial score (nSPS) is 18.7. The first-order chi connectivity index (χ1) is 12.8. The molecule has 2 aliphatic heterocycles. The van der Waals surface area contributed by atoms with Gasteiger partial charge < -0.3 is 14.7 Å². The highest BCUT2D eigenvalue weighted by Gasteiger charge is 2.23. The molecule has 2 heterocycles. The van der Waals surface area contributed by atoms with Gasteiger partial charge in [-0.05, 0) is 44.2 Å². The Bertz CT molecular complexity index is 737. The van der Waals surface area contributed by atoms with Gasteiger partial charge in [0.1, 0.15) is 0 Å². The molecule has 1 amide bonds. The molecule has 1 aromatic rings. The molecule has 150 valence electrons. The third kappa shape index (κ3) is 5.13. The quantitative estimate of drug-likeness (QED) is 0.726. The van der Waals surface area contributed by atoms with Crippen LogP contribution < -0.4 is 9.21 Å². The van der Waals surface area contributed by atoms with Gasteiger partial charge in [0.2, 0.25) is 15.9 Å². The molecule has 8 heteroatoms. The van der Waals surface area contributed by atoms with Gasteiger partial charge in [-0.25, -0.2) is 8.42 Å². The Morgan fingerprint density at radius 3 is 2.15 bits per heavy atom. The molecule has 7 nitrogen and oxygen atoms in total. The lowest BCUT2D eigenvalue weighted by molar-refractivity contribution is -0.129. The molecule has 2 saturated heterocycles. The second-order valence-corrected chi connectivity index (χ2v) is 9.39. The molecule has 0 spiro atoms. The number of amides is 1. The largest absolute Gasteiger partial charge is 0.369 e. The topological polar surface area (TPSA) is 64.2 Å². The van der Waals surface area contributed by atoms with E-state index in [1.54, 1.807) is 0 Å². The fraction of sp³-hybridized carbons (Fsp3) is 0.632. The van der Waals surface area contributed by atoms with Crippen LogP contribution in [0.3, 0.4) is 0 Å². The SMILES string of the molecule is CN1CCN(c2ccc(N(CCC(=O)N3CCCC3)S(C)(=O)=O)cc2)CC1. The van der Waals surface area contributed by atoms with E-state index in [2.05, 4.69) is 16.8 Å². The zero-order valence-corrected chi connectivity index (χ0v) is 17.1. The van der Waals surface area contributed by atoms with Crippen LogP contribution in [0.4, 0.5) is 11.4 Å². The standard InChI is InChI=1S/C19H30N4O3S/c1-20-13-15-21(16-14-20)17-5-7-18(8-6-17)23(27(2,25)26)12-9-19(24)22-10-3-4-11-22/h5-8H,3-4,9-16H2,1-2H3. The predicted octanol–water partition coefficient (Wildman–Crippen LogP) is 1.22. The van der Waals surface area contributed by atoms with E-state index >= 15 is 0 Å². The van der Waals surface area contributed by atoms with Crippen molar-refractivity contribution in [1.82, 2.24) is 9.80 Å². The average Bonchev–Trinajstić information content (AvgIpc) is 3.17. The van der Waals surface area contributed by atoms with E-state index < -0.39 is 10.0 Å². The summed E-state index contributed by atoms with van der Waals surface area (Å²) in [6.07, 6.45) is 3.49. The van der Waals surface area contributed by atoms with Crippen LogP contribution in [0.1, 0.15) is 19.3 Å². The highest BCUT2D eigenvalue weighted by molar-refractivity contribution is 7.92. The van der Waals surface area contributed by atoms with E-state index in [1.165, 1.54) is 10.6 Å². The molecule has 0 saturated carbocycles. The number of likely N-dealkylation sites (N-methyl/N-ethyl adjacent to an activating group) is 1. The number of carbonyl (C=O) groups is 1. The van der Waals surface area contributed by atoms with Gasteiger partial charge in [0.05, 0.1) is 11.9 Å². The molecule has 0 aliphatic carbocycles. The van der Waals surface area contributed by atoms with Crippen LogP contribution in [-0.2, 0) is 14.8 Å². The van der Waals surface area contributed by atoms with Gasteiger partial charge >= 0.3 is 0 Å². The van der Waals surface area contributed by atoms with Crippen molar-refractivity contribution in [3.63, 3.8) is 0 Å². The minimum atomic E-state index is -3.44. The smallest absolute Gasteiger partial charge is 0.232 e. The monoisotopic (exact) mass is 394 g/mol. The third-order valence-electron chi connectivity index (χ3n) is 5.39. The summed E-state index contributed by atoms with van der Waals surface area (Å²) in [5, 5.41) is 0. The first-order valence-corrected chi connectivity index (χ1v) is 11.5. The number of carbonyl (C=O) groups excluding carboxylic acids is 1. The Morgan fingerprint density at radius 1 is 1.00 bits per heavy atom. The summed E-state index contributed by atoms with van der Waals surface area (Å²) < 4.78 is 25.9. The number of anilines is 2. The lowest BCUT2D eigenvalue weighted by atomic mass is 10.2. The Labute approximate surface area is 162 Å². The van der Waals surface area contributed by atoms with Crippen molar-refractivity contribution < 1.29 is 13.2 Å². The Morgan fingerprint density at radius 2 is 1.59 bits per heavy atom. The van der Waals surface area contributed by atoms with Crippen LogP contribution in [0, 0.1) is 0 Å². The van der Waals surface area contributed by atoms with Crippen LogP contribution in [0.5, 0.6) is 0 Å². The number of benzene rings is 1. The lowest BCUT2D eigenvalue weighted by Gasteiger charge is -2.34. The highest BCUT2D eigenvalue weighted by Crippen LogP contribution is 2.24. The molecular weight excluding hydrogens is 364 g/mol. The predicted molar refractivity (Wildman–Crippen MR) is 109 cm³/mol. The van der Waals surface area contributed by atoms with Crippen molar-refractivity contribution in [3.05, 3.63) is 24.3 Å². The highest BCUT2D eigenvalue weighted by atomic mass is 32.2. The zero-order chi connectivity index (χ0) is 19.4. The minimum absolute atomic E-state index is 0.0372. The first kappa shape index (κ1) is 19.9. The summed E-state index contributed by atoms with van der Waals surface area (Å²) in [6, 6.07) is 7.63. The van der Waals surface area contributed by atoms with Crippen LogP contribution in [0.25, 0.3) is 0 Å². The van der Waals surface area contributed by atoms with Crippen LogP contribution in [-0.4, -0.2) is 83.2 Å². The van der Waals surface area contributed by atoms with Gasteiger partial charge in [-0.15, -0.1) is 0 Å². The van der Waals surface area contributed by atoms with Crippen molar-refractivity contribution in [2.24, 2.45) is 0 Å². The zero-order valence-electron chi connectivity index (χ0n) is 16.3. The number of nitrogens with zero attached hydrogens (tertiary/aromatic N) is 4. The number of hydrogen-bond donors (Lipinski definition) is 0. The third-order valence-corrected chi connectivity index (χ3v) is 6.59. The molecule has 0 atom stereocenters. The molecule has 1 aromatic carbocycles. The van der Waals surface area contributed by atoms with Crippen LogP contribution in [0.15, 0.2) is 24.3 Å². The number of likely N-dealkylation sites (tertiary alicyclic amines) is 1. The molecule has 0 N–H and O–H groups in total. The lowest BCUT2D eigenvalue weighted by Crippen LogP contribution is -2.44. The minimum Gasteiger partial charge on any atom is -0.369 e. The number of sulfonamides is 1. The Kier molecular flexibility index (Phi) is 6.26. The van der Waals surface area contributed by atoms with E-state index in [4.69, 9.17) is 0 Å². The van der Waals surface area contributed by atoms with Gasteiger partial charge in [-0.1, -0.05) is 0 Å². The number of piperazine rings is 1. The summed E-state index contributed by atoms with van der Waals surface area (Å²) in [7, 11) is -1.32. The maximum absolute atomic E-state index is 12.3. The second kappa shape index (κ2) is 8.48. The Balaban J connectivity index is 1.66. The van der Waals surface area contributed by atoms with Crippen molar-refractivity contribution in [2.75, 3.05) is 68.3 Å². The molecule has 0 unspecified atom stereocenters. The first-order valence-electron chi connectivity index (χ1n) is 9.63. The van der Waals surface area contributed by atoms with Crippen LogP contribution >= 0.6 is 0 Å². The maximum Gasteiger partial charge on any atom is 0.232 e. The van der Waals surface area contributed by atoms with E-state index in [0.29, 0.717) is 5.69 Å². The molecule has 3 rings (SSSR count). The molecule has 0 aromatic heterocycles. The van der Waals surface area contributed by atoms with Gasteiger partial charge in [-0.2, -0.15) is 0 Å². The molecular formula is C19H30N4O3S. The fourth-order valence-corrected chi connectivity index (χ4v) is 4.63. The van der Waals surface area contributed by atoms with E-state index in [-0.39, 0.29) is 18.9 Å². The Hall–Kier alpha value is -1.80. The van der Waals surface area contributed by atoms with Crippen molar-refractivity contribution >= 4 is 27.3 Å². The summed E-state index contributed by atoms with van der Waals surface area (Å²) in [4.78, 5) is 18.7. The van der Waals surface area contributed by atoms with Crippen molar-refractivity contribution in [1.29, 1.82) is 0 Å². The molecule has 27 heavy (non-hydrogen) atoms. The van der Waals surface area contributed by atoms with E-state index in [9.17, 15) is 13.2 Å². The van der Waals surface area contributed by atoms with Crippen LogP contribution in [0.2, 0.25) is 0 Å². The maximum atomic E-state index is 12.3. The fourth-order valence-electron chi connectivity index (χ4n) is 3.70. The summed E-state index contributed by atoms with van der Waals surface area (Å²) in [5.41, 5.74) is 1.72. The van der Waals surface area contributed by atoms with Crippen molar-refractivity contribution in [3.8, 4) is 0 Å². The van der Waals surface area contributed by atoms with E-state index in [0.717, 1.165) is 57.8 Å². The molecule has 0 bridgehead atoms. The van der Waals surface area contributed by atoms with Gasteiger partial charge in [-0.3, -0.25) is 9.10 Å². The summed E-state index contributed by atoms with van der Waals surface area (Å²) in [6.45, 7) is 5.74. The van der Waals surface area contributed by atoms with Gasteiger partial charge in [0.15, 0.2) is 0 Å². The molecule has 2 aliphatic rings. The molecule has 0 radical (unpaired) electrons. The second-order valence-electron chi connectivity index (χ2n) is 7.48. The van der Waals surface area contributed by atoms with Crippen molar-refractivity contribution in [2.45, 2.75) is 19.3 Å². The number of hydrogen-bond acceptors (Lipinski definition) is 5. The van der Waals surface area contributed by atoms with Gasteiger partial charge in [0.25, 0.3) is 0 Å². The summed E-state index contributed by atoms with van der Waals surface area (Å²) >= 11 is 0. The molecule has 2 fully saturated rings. The van der Waals surface area contributed by atoms with Gasteiger partial charge in [0, 0.05) is 57.9 Å². The summed E-state index contributed by atoms with van der Waals surface area (Å²) in [5.74, 6) is 0.0372.